The van der Waals surface area contributed by atoms with Gasteiger partial charge in [-0.1, -0.05) is 72.8 Å². The Kier molecular flexibility index (Phi) is 5.33. The van der Waals surface area contributed by atoms with Gasteiger partial charge in [-0.3, -0.25) is 9.36 Å². The van der Waals surface area contributed by atoms with Gasteiger partial charge in [0.15, 0.2) is 0 Å². The summed E-state index contributed by atoms with van der Waals surface area (Å²) < 4.78 is 7.11. The lowest BCUT2D eigenvalue weighted by Crippen LogP contribution is -2.29. The molecular weight excluding hydrogens is 416 g/mol. The van der Waals surface area contributed by atoms with Gasteiger partial charge in [-0.05, 0) is 35.7 Å². The largest absolute Gasteiger partial charge is 0.497 e. The SMILES string of the molecule is COc1ccc(-c2csc3nc(C)n(C(c4ccccc4)c4ccccc4)c(=O)c23)cc1. The molecule has 2 heterocycles. The molecule has 32 heavy (non-hydrogen) atoms. The second kappa shape index (κ2) is 8.44. The van der Waals surface area contributed by atoms with Gasteiger partial charge in [-0.25, -0.2) is 4.98 Å². The van der Waals surface area contributed by atoms with Crippen molar-refractivity contribution in [1.29, 1.82) is 0 Å². The van der Waals surface area contributed by atoms with Crippen molar-refractivity contribution < 1.29 is 4.74 Å². The molecule has 0 amide bonds. The first-order chi connectivity index (χ1) is 15.7. The van der Waals surface area contributed by atoms with Crippen LogP contribution in [0.3, 0.4) is 0 Å². The molecule has 2 aromatic heterocycles. The molecule has 0 aliphatic rings. The van der Waals surface area contributed by atoms with Gasteiger partial charge < -0.3 is 4.74 Å². The molecule has 0 aliphatic heterocycles. The average Bonchev–Trinajstić information content (AvgIpc) is 3.27. The molecule has 158 valence electrons. The van der Waals surface area contributed by atoms with Crippen molar-refractivity contribution in [3.05, 3.63) is 118 Å². The quantitative estimate of drug-likeness (QED) is 0.334. The normalized spacial score (nSPS) is 11.2. The summed E-state index contributed by atoms with van der Waals surface area (Å²) in [5, 5.41) is 2.67. The van der Waals surface area contributed by atoms with Crippen LogP contribution in [0.1, 0.15) is 23.0 Å². The van der Waals surface area contributed by atoms with E-state index in [2.05, 4.69) is 24.3 Å². The number of hydrogen-bond donors (Lipinski definition) is 0. The number of methoxy groups -OCH3 is 1. The molecule has 0 fully saturated rings. The van der Waals surface area contributed by atoms with Gasteiger partial charge in [0.05, 0.1) is 18.5 Å². The lowest BCUT2D eigenvalue weighted by atomic mass is 9.98. The van der Waals surface area contributed by atoms with E-state index in [4.69, 9.17) is 9.72 Å². The summed E-state index contributed by atoms with van der Waals surface area (Å²) in [5.74, 6) is 1.48. The van der Waals surface area contributed by atoms with Crippen LogP contribution in [0, 0.1) is 6.92 Å². The maximum atomic E-state index is 14.0. The van der Waals surface area contributed by atoms with E-state index in [-0.39, 0.29) is 11.6 Å². The lowest BCUT2D eigenvalue weighted by molar-refractivity contribution is 0.415. The summed E-state index contributed by atoms with van der Waals surface area (Å²) in [5.41, 5.74) is 3.94. The maximum Gasteiger partial charge on any atom is 0.263 e. The van der Waals surface area contributed by atoms with Gasteiger partial charge >= 0.3 is 0 Å². The highest BCUT2D eigenvalue weighted by atomic mass is 32.1. The van der Waals surface area contributed by atoms with Gasteiger partial charge in [0, 0.05) is 10.9 Å². The number of nitrogens with zero attached hydrogens (tertiary/aromatic N) is 2. The first-order valence-corrected chi connectivity index (χ1v) is 11.3. The summed E-state index contributed by atoms with van der Waals surface area (Å²) in [6, 6.07) is 27.8. The summed E-state index contributed by atoms with van der Waals surface area (Å²) >= 11 is 1.50. The zero-order valence-corrected chi connectivity index (χ0v) is 18.7. The predicted molar refractivity (Wildman–Crippen MR) is 131 cm³/mol. The van der Waals surface area contributed by atoms with Gasteiger partial charge in [-0.15, -0.1) is 11.3 Å². The Balaban J connectivity index is 1.76. The highest BCUT2D eigenvalue weighted by molar-refractivity contribution is 7.17. The molecule has 5 aromatic rings. The molecule has 3 aromatic carbocycles. The Morgan fingerprint density at radius 3 is 2.03 bits per heavy atom. The zero-order chi connectivity index (χ0) is 22.1. The molecule has 0 bridgehead atoms. The van der Waals surface area contributed by atoms with Crippen molar-refractivity contribution >= 4 is 21.6 Å². The molecule has 0 N–H and O–H groups in total. The van der Waals surface area contributed by atoms with Gasteiger partial charge in [0.25, 0.3) is 5.56 Å². The molecule has 0 radical (unpaired) electrons. The average molecular weight is 439 g/mol. The van der Waals surface area contributed by atoms with Crippen LogP contribution < -0.4 is 10.3 Å². The fraction of sp³-hybridized carbons (Fsp3) is 0.111. The molecular formula is C27H22N2O2S. The Bertz CT molecular complexity index is 1380. The van der Waals surface area contributed by atoms with E-state index in [0.29, 0.717) is 11.2 Å². The molecule has 0 saturated heterocycles. The standard InChI is InChI=1S/C27H22N2O2S/c1-18-28-26-24(23(17-32-26)19-13-15-22(31-2)16-14-19)27(30)29(18)25(20-9-5-3-6-10-20)21-11-7-4-8-12-21/h3-17,25H,1-2H3. The molecule has 5 rings (SSSR count). The molecule has 0 saturated carbocycles. The second-order valence-corrected chi connectivity index (χ2v) is 8.47. The van der Waals surface area contributed by atoms with Crippen LogP contribution in [0.5, 0.6) is 5.75 Å². The predicted octanol–water partition coefficient (Wildman–Crippen LogP) is 6.08. The van der Waals surface area contributed by atoms with Gasteiger partial charge in [0.2, 0.25) is 0 Å². The topological polar surface area (TPSA) is 44.1 Å². The number of aryl methyl sites for hydroxylation is 1. The number of hydrogen-bond acceptors (Lipinski definition) is 4. The van der Waals surface area contributed by atoms with E-state index >= 15 is 0 Å². The molecule has 4 nitrogen and oxygen atoms in total. The first-order valence-electron chi connectivity index (χ1n) is 10.4. The van der Waals surface area contributed by atoms with E-state index in [1.165, 1.54) is 11.3 Å². The van der Waals surface area contributed by atoms with Crippen molar-refractivity contribution in [2.75, 3.05) is 7.11 Å². The smallest absolute Gasteiger partial charge is 0.263 e. The van der Waals surface area contributed by atoms with E-state index in [1.54, 1.807) is 7.11 Å². The summed E-state index contributed by atoms with van der Waals surface area (Å²) in [6.45, 7) is 1.91. The Hall–Kier alpha value is -3.70. The van der Waals surface area contributed by atoms with Crippen LogP contribution in [0.2, 0.25) is 0 Å². The van der Waals surface area contributed by atoms with Crippen molar-refractivity contribution in [3.8, 4) is 16.9 Å². The summed E-state index contributed by atoms with van der Waals surface area (Å²) in [7, 11) is 1.65. The van der Waals surface area contributed by atoms with Crippen LogP contribution in [-0.4, -0.2) is 16.7 Å². The van der Waals surface area contributed by atoms with Gasteiger partial charge in [-0.2, -0.15) is 0 Å². The molecule has 0 spiro atoms. The molecule has 0 unspecified atom stereocenters. The monoisotopic (exact) mass is 438 g/mol. The third-order valence-electron chi connectivity index (χ3n) is 5.71. The lowest BCUT2D eigenvalue weighted by Gasteiger charge is -2.23. The van der Waals surface area contributed by atoms with Crippen LogP contribution in [0.15, 0.2) is 95.1 Å². The molecule has 5 heteroatoms. The fourth-order valence-corrected chi connectivity index (χ4v) is 5.14. The van der Waals surface area contributed by atoms with E-state index in [9.17, 15) is 4.79 Å². The summed E-state index contributed by atoms with van der Waals surface area (Å²) in [4.78, 5) is 19.6. The Morgan fingerprint density at radius 1 is 0.875 bits per heavy atom. The number of benzene rings is 3. The van der Waals surface area contributed by atoms with E-state index in [1.807, 2.05) is 77.5 Å². The minimum absolute atomic E-state index is 0.0303. The van der Waals surface area contributed by atoms with Crippen LogP contribution in [0.25, 0.3) is 21.3 Å². The molecule has 0 atom stereocenters. The third-order valence-corrected chi connectivity index (χ3v) is 6.58. The van der Waals surface area contributed by atoms with Crippen LogP contribution in [0.4, 0.5) is 0 Å². The van der Waals surface area contributed by atoms with Crippen LogP contribution in [-0.2, 0) is 0 Å². The van der Waals surface area contributed by atoms with Crippen LogP contribution >= 0.6 is 11.3 Å². The number of ether oxygens (including phenoxy) is 1. The number of rotatable bonds is 5. The van der Waals surface area contributed by atoms with Crippen molar-refractivity contribution in [2.45, 2.75) is 13.0 Å². The maximum absolute atomic E-state index is 14.0. The number of thiophene rings is 1. The van der Waals surface area contributed by atoms with E-state index < -0.39 is 0 Å². The van der Waals surface area contributed by atoms with Crippen molar-refractivity contribution in [1.82, 2.24) is 9.55 Å². The zero-order valence-electron chi connectivity index (χ0n) is 17.9. The third kappa shape index (κ3) is 3.51. The highest BCUT2D eigenvalue weighted by Gasteiger charge is 2.23. The minimum Gasteiger partial charge on any atom is -0.497 e. The van der Waals surface area contributed by atoms with Crippen molar-refractivity contribution in [3.63, 3.8) is 0 Å². The fourth-order valence-electron chi connectivity index (χ4n) is 4.15. The number of fused-ring (bicyclic) bond motifs is 1. The second-order valence-electron chi connectivity index (χ2n) is 7.62. The van der Waals surface area contributed by atoms with Gasteiger partial charge in [0.1, 0.15) is 16.4 Å². The Morgan fingerprint density at radius 2 is 1.47 bits per heavy atom. The molecule has 0 aliphatic carbocycles. The number of aromatic nitrogens is 2. The van der Waals surface area contributed by atoms with E-state index in [0.717, 1.165) is 32.8 Å². The van der Waals surface area contributed by atoms with Crippen molar-refractivity contribution in [2.24, 2.45) is 0 Å². The first kappa shape index (κ1) is 20.2. The minimum atomic E-state index is -0.259. The highest BCUT2D eigenvalue weighted by Crippen LogP contribution is 2.34. The Labute approximate surface area is 190 Å². The summed E-state index contributed by atoms with van der Waals surface area (Å²) in [6.07, 6.45) is 0.